The lowest BCUT2D eigenvalue weighted by molar-refractivity contribution is -0.142. The highest BCUT2D eigenvalue weighted by Crippen LogP contribution is 2.27. The normalized spacial score (nSPS) is 17.4. The van der Waals surface area contributed by atoms with Crippen molar-refractivity contribution in [3.8, 4) is 11.8 Å². The van der Waals surface area contributed by atoms with Gasteiger partial charge in [-0.2, -0.15) is 5.26 Å². The fourth-order valence-electron chi connectivity index (χ4n) is 5.29. The molecule has 2 aliphatic rings. The summed E-state index contributed by atoms with van der Waals surface area (Å²) < 4.78 is 5.17. The fourth-order valence-corrected chi connectivity index (χ4v) is 5.29. The average molecular weight is 556 g/mol. The second-order valence-corrected chi connectivity index (χ2v) is 10.3. The summed E-state index contributed by atoms with van der Waals surface area (Å²) in [4.78, 5) is 37.4. The number of amides is 1. The minimum Gasteiger partial charge on any atom is -0.497 e. The molecule has 2 saturated heterocycles. The van der Waals surface area contributed by atoms with Gasteiger partial charge in [-0.1, -0.05) is 0 Å². The molecule has 2 aliphatic heterocycles. The van der Waals surface area contributed by atoms with E-state index in [0.717, 1.165) is 30.8 Å². The van der Waals surface area contributed by atoms with E-state index in [0.29, 0.717) is 55.4 Å². The maximum atomic E-state index is 12.8. The summed E-state index contributed by atoms with van der Waals surface area (Å²) >= 11 is 0. The summed E-state index contributed by atoms with van der Waals surface area (Å²) in [5.74, 6) is 0.559. The van der Waals surface area contributed by atoms with Gasteiger partial charge >= 0.3 is 5.97 Å². The second kappa shape index (κ2) is 12.6. The van der Waals surface area contributed by atoms with E-state index in [4.69, 9.17) is 9.72 Å². The monoisotopic (exact) mass is 555 g/mol. The molecule has 1 amide bonds. The molecule has 3 aromatic rings. The van der Waals surface area contributed by atoms with Crippen LogP contribution >= 0.6 is 0 Å². The van der Waals surface area contributed by atoms with Gasteiger partial charge in [0.2, 0.25) is 0 Å². The lowest BCUT2D eigenvalue weighted by atomic mass is 9.97. The van der Waals surface area contributed by atoms with Crippen LogP contribution < -0.4 is 25.2 Å². The molecule has 1 aromatic heterocycles. The Morgan fingerprint density at radius 2 is 1.76 bits per heavy atom. The number of rotatable bonds is 8. The highest BCUT2D eigenvalue weighted by molar-refractivity contribution is 5.94. The van der Waals surface area contributed by atoms with Crippen molar-refractivity contribution in [1.82, 2.24) is 15.3 Å². The molecule has 0 spiro atoms. The molecule has 11 heteroatoms. The molecule has 3 heterocycles. The van der Waals surface area contributed by atoms with Crippen LogP contribution in [0.4, 0.5) is 23.0 Å². The van der Waals surface area contributed by atoms with E-state index in [9.17, 15) is 20.0 Å². The molecule has 1 atom stereocenters. The third kappa shape index (κ3) is 6.66. The van der Waals surface area contributed by atoms with E-state index < -0.39 is 5.97 Å². The van der Waals surface area contributed by atoms with Crippen LogP contribution in [0.2, 0.25) is 0 Å². The van der Waals surface area contributed by atoms with E-state index in [1.807, 2.05) is 24.3 Å². The van der Waals surface area contributed by atoms with E-state index in [1.165, 1.54) is 0 Å². The predicted octanol–water partition coefficient (Wildman–Crippen LogP) is 3.80. The van der Waals surface area contributed by atoms with Crippen LogP contribution in [0, 0.1) is 17.2 Å². The molecule has 2 aromatic carbocycles. The van der Waals surface area contributed by atoms with Crippen molar-refractivity contribution in [2.75, 3.05) is 48.4 Å². The van der Waals surface area contributed by atoms with Gasteiger partial charge in [-0.3, -0.25) is 9.59 Å². The zero-order valence-corrected chi connectivity index (χ0v) is 22.9. The lowest BCUT2D eigenvalue weighted by Crippen LogP contribution is -2.48. The van der Waals surface area contributed by atoms with E-state index in [1.54, 1.807) is 37.6 Å². The zero-order valence-electron chi connectivity index (χ0n) is 22.9. The number of nitrogens with zero attached hydrogens (tertiary/aromatic N) is 5. The molecule has 41 heavy (non-hydrogen) atoms. The summed E-state index contributed by atoms with van der Waals surface area (Å²) in [6.45, 7) is 2.75. The van der Waals surface area contributed by atoms with Gasteiger partial charge in [-0.15, -0.1) is 0 Å². The van der Waals surface area contributed by atoms with Gasteiger partial charge in [0.15, 0.2) is 11.5 Å². The SMILES string of the molecule is COc1ccc(C(=O)N[C@@H]2CCCN(c3cnc(C#N)c(Nc4ccc(N5CCC(C(=O)O)CC5)cc4)n3)C2)cc1. The Balaban J connectivity index is 1.23. The van der Waals surface area contributed by atoms with Crippen molar-refractivity contribution in [3.05, 3.63) is 66.0 Å². The number of carbonyl (C=O) groups is 2. The number of piperidine rings is 2. The number of nitriles is 1. The van der Waals surface area contributed by atoms with Crippen LogP contribution in [0.3, 0.4) is 0 Å². The van der Waals surface area contributed by atoms with Crippen LogP contribution in [0.1, 0.15) is 41.7 Å². The van der Waals surface area contributed by atoms with Crippen LogP contribution in [-0.4, -0.2) is 66.3 Å². The number of carboxylic acid groups (broad SMARTS) is 1. The average Bonchev–Trinajstić information content (AvgIpc) is 3.01. The van der Waals surface area contributed by atoms with Gasteiger partial charge in [-0.25, -0.2) is 9.97 Å². The summed E-state index contributed by atoms with van der Waals surface area (Å²) in [6, 6.07) is 16.9. The number of aromatic nitrogens is 2. The molecule has 3 N–H and O–H groups in total. The highest BCUT2D eigenvalue weighted by atomic mass is 16.5. The summed E-state index contributed by atoms with van der Waals surface area (Å²) in [6.07, 6.45) is 4.59. The fraction of sp³-hybridized carbons (Fsp3) is 0.367. The number of ether oxygens (including phenoxy) is 1. The third-order valence-electron chi connectivity index (χ3n) is 7.64. The molecule has 0 radical (unpaired) electrons. The molecule has 0 aliphatic carbocycles. The zero-order chi connectivity index (χ0) is 28.8. The molecular weight excluding hydrogens is 522 g/mol. The van der Waals surface area contributed by atoms with Crippen molar-refractivity contribution in [2.45, 2.75) is 31.7 Å². The van der Waals surface area contributed by atoms with Gasteiger partial charge in [0.25, 0.3) is 5.91 Å². The number of hydrogen-bond acceptors (Lipinski definition) is 9. The first-order valence-electron chi connectivity index (χ1n) is 13.8. The molecule has 0 saturated carbocycles. The number of carboxylic acids is 1. The summed E-state index contributed by atoms with van der Waals surface area (Å²) in [5.41, 5.74) is 2.55. The van der Waals surface area contributed by atoms with Crippen LogP contribution in [0.25, 0.3) is 0 Å². The third-order valence-corrected chi connectivity index (χ3v) is 7.64. The number of carbonyl (C=O) groups excluding carboxylic acids is 1. The van der Waals surface area contributed by atoms with Crippen LogP contribution in [0.15, 0.2) is 54.7 Å². The van der Waals surface area contributed by atoms with Crippen LogP contribution in [-0.2, 0) is 4.79 Å². The predicted molar refractivity (Wildman–Crippen MR) is 155 cm³/mol. The van der Waals surface area contributed by atoms with Crippen molar-refractivity contribution in [2.24, 2.45) is 5.92 Å². The standard InChI is InChI=1S/C30H33N7O4/c1-41-25-10-4-20(5-11-25)29(38)34-23-3-2-14-37(19-23)27-18-32-26(17-31)28(35-27)33-22-6-8-24(9-7-22)36-15-12-21(13-16-36)30(39)40/h4-11,18,21,23H,2-3,12-16,19H2,1H3,(H,33,35)(H,34,38)(H,39,40)/t23-/m1/s1. The minimum atomic E-state index is -0.723. The molecule has 11 nitrogen and oxygen atoms in total. The maximum Gasteiger partial charge on any atom is 0.306 e. The van der Waals surface area contributed by atoms with Crippen LogP contribution in [0.5, 0.6) is 5.75 Å². The van der Waals surface area contributed by atoms with E-state index >= 15 is 0 Å². The van der Waals surface area contributed by atoms with Crippen molar-refractivity contribution < 1.29 is 19.4 Å². The Morgan fingerprint density at radius 1 is 1.02 bits per heavy atom. The highest BCUT2D eigenvalue weighted by Gasteiger charge is 2.25. The van der Waals surface area contributed by atoms with Gasteiger partial charge in [0, 0.05) is 49.2 Å². The quantitative estimate of drug-likeness (QED) is 0.375. The number of methoxy groups -OCH3 is 1. The molecule has 5 rings (SSSR count). The topological polar surface area (TPSA) is 144 Å². The lowest BCUT2D eigenvalue weighted by Gasteiger charge is -2.34. The largest absolute Gasteiger partial charge is 0.497 e. The number of hydrogen-bond donors (Lipinski definition) is 3. The van der Waals surface area contributed by atoms with Gasteiger partial charge in [0.1, 0.15) is 17.6 Å². The Hall–Kier alpha value is -4.85. The van der Waals surface area contributed by atoms with Gasteiger partial charge in [-0.05, 0) is 74.2 Å². The van der Waals surface area contributed by atoms with Crippen molar-refractivity contribution in [1.29, 1.82) is 5.26 Å². The number of benzene rings is 2. The van der Waals surface area contributed by atoms with E-state index in [2.05, 4.69) is 31.5 Å². The first-order chi connectivity index (χ1) is 19.9. The number of anilines is 4. The van der Waals surface area contributed by atoms with Gasteiger partial charge in [0.05, 0.1) is 19.2 Å². The number of nitrogens with one attached hydrogen (secondary N) is 2. The number of aliphatic carboxylic acids is 1. The second-order valence-electron chi connectivity index (χ2n) is 10.3. The Morgan fingerprint density at radius 3 is 2.41 bits per heavy atom. The summed E-state index contributed by atoms with van der Waals surface area (Å²) in [7, 11) is 1.59. The molecule has 0 unspecified atom stereocenters. The molecular formula is C30H33N7O4. The minimum absolute atomic E-state index is 0.0553. The van der Waals surface area contributed by atoms with Crippen molar-refractivity contribution >= 4 is 34.9 Å². The Labute approximate surface area is 238 Å². The first-order valence-corrected chi connectivity index (χ1v) is 13.8. The summed E-state index contributed by atoms with van der Waals surface area (Å²) in [5, 5.41) is 25.2. The molecule has 2 fully saturated rings. The van der Waals surface area contributed by atoms with E-state index in [-0.39, 0.29) is 23.6 Å². The Bertz CT molecular complexity index is 1410. The molecule has 0 bridgehead atoms. The first kappa shape index (κ1) is 27.7. The Kier molecular flexibility index (Phi) is 8.48. The van der Waals surface area contributed by atoms with Gasteiger partial charge < -0.3 is 30.3 Å². The smallest absolute Gasteiger partial charge is 0.306 e. The van der Waals surface area contributed by atoms with Crippen molar-refractivity contribution in [3.63, 3.8) is 0 Å². The molecule has 212 valence electrons. The maximum absolute atomic E-state index is 12.8.